The Kier molecular flexibility index (Phi) is 6.08. The summed E-state index contributed by atoms with van der Waals surface area (Å²) in [6.07, 6.45) is 6.21. The molecule has 7 nitrogen and oxygen atoms in total. The van der Waals surface area contributed by atoms with Crippen molar-refractivity contribution < 1.29 is 9.18 Å². The molecule has 2 aromatic heterocycles. The number of benzene rings is 1. The maximum Gasteiger partial charge on any atom is 0.273 e. The summed E-state index contributed by atoms with van der Waals surface area (Å²) in [5.74, 6) is -0.493. The first-order valence-corrected chi connectivity index (χ1v) is 8.87. The van der Waals surface area contributed by atoms with Crippen molar-refractivity contribution in [2.75, 3.05) is 19.6 Å². The third-order valence-electron chi connectivity index (χ3n) is 4.84. The number of rotatable bonds is 5. The number of halogens is 2. The average molecular weight is 393 g/mol. The Labute approximate surface area is 162 Å². The number of carbonyl (C=O) groups excluding carboxylic acids is 1. The van der Waals surface area contributed by atoms with Crippen LogP contribution in [0.4, 0.5) is 4.39 Å². The first-order valence-electron chi connectivity index (χ1n) is 8.87. The van der Waals surface area contributed by atoms with Gasteiger partial charge in [0.2, 0.25) is 0 Å². The molecule has 0 atom stereocenters. The maximum absolute atomic E-state index is 13.2. The molecule has 0 unspecified atom stereocenters. The van der Waals surface area contributed by atoms with Crippen molar-refractivity contribution in [3.05, 3.63) is 47.7 Å². The van der Waals surface area contributed by atoms with E-state index < -0.39 is 0 Å². The van der Waals surface area contributed by atoms with Gasteiger partial charge in [0, 0.05) is 23.6 Å². The fraction of sp³-hybridized carbons (Fsp3) is 0.389. The lowest BCUT2D eigenvalue weighted by molar-refractivity contribution is 0.0949. The second-order valence-electron chi connectivity index (χ2n) is 6.57. The highest BCUT2D eigenvalue weighted by Gasteiger charge is 2.18. The molecule has 3 heterocycles. The summed E-state index contributed by atoms with van der Waals surface area (Å²) in [6, 6.07) is 4.97. The van der Waals surface area contributed by atoms with E-state index in [9.17, 15) is 9.18 Å². The van der Waals surface area contributed by atoms with Crippen LogP contribution in [0.15, 0.2) is 30.6 Å². The van der Waals surface area contributed by atoms with Crippen molar-refractivity contribution in [2.24, 2.45) is 0 Å². The van der Waals surface area contributed by atoms with Crippen molar-refractivity contribution in [3.8, 4) is 0 Å². The lowest BCUT2D eigenvalue weighted by Gasteiger charge is -2.22. The lowest BCUT2D eigenvalue weighted by atomic mass is 10.1. The van der Waals surface area contributed by atoms with Crippen LogP contribution in [0.2, 0.25) is 0 Å². The van der Waals surface area contributed by atoms with Crippen LogP contribution in [-0.2, 0) is 6.42 Å². The summed E-state index contributed by atoms with van der Waals surface area (Å²) in [5.41, 5.74) is 2.14. The number of fused-ring (bicyclic) bond motifs is 1. The largest absolute Gasteiger partial charge is 0.361 e. The maximum atomic E-state index is 13.2. The molecule has 27 heavy (non-hydrogen) atoms. The average Bonchev–Trinajstić information content (AvgIpc) is 3.30. The summed E-state index contributed by atoms with van der Waals surface area (Å²) < 4.78 is 15.0. The number of aromatic nitrogens is 4. The normalized spacial score (nSPS) is 14.9. The van der Waals surface area contributed by atoms with Crippen molar-refractivity contribution >= 4 is 29.2 Å². The van der Waals surface area contributed by atoms with Gasteiger partial charge in [-0.15, -0.1) is 17.5 Å². The number of nitrogens with zero attached hydrogens (tertiary/aromatic N) is 3. The second kappa shape index (κ2) is 8.49. The van der Waals surface area contributed by atoms with Gasteiger partial charge in [0.15, 0.2) is 5.69 Å². The molecule has 0 radical (unpaired) electrons. The first kappa shape index (κ1) is 19.3. The van der Waals surface area contributed by atoms with Crippen LogP contribution in [0.3, 0.4) is 0 Å². The molecule has 9 heteroatoms. The third kappa shape index (κ3) is 4.28. The number of hydrogen-bond acceptors (Lipinski definition) is 4. The Morgan fingerprint density at radius 1 is 1.33 bits per heavy atom. The van der Waals surface area contributed by atoms with Gasteiger partial charge in [0.25, 0.3) is 5.91 Å². The third-order valence-corrected chi connectivity index (χ3v) is 4.84. The van der Waals surface area contributed by atoms with E-state index in [0.29, 0.717) is 24.7 Å². The molecule has 4 rings (SSSR count). The predicted molar refractivity (Wildman–Crippen MR) is 103 cm³/mol. The molecule has 1 aliphatic heterocycles. The van der Waals surface area contributed by atoms with Crippen molar-refractivity contribution in [1.29, 1.82) is 0 Å². The number of H-pyrrole nitrogens is 1. The molecule has 0 spiro atoms. The van der Waals surface area contributed by atoms with Gasteiger partial charge in [0.1, 0.15) is 5.82 Å². The van der Waals surface area contributed by atoms with E-state index in [2.05, 4.69) is 25.9 Å². The van der Waals surface area contributed by atoms with E-state index in [0.717, 1.165) is 42.4 Å². The van der Waals surface area contributed by atoms with Crippen LogP contribution in [0.5, 0.6) is 0 Å². The van der Waals surface area contributed by atoms with Crippen molar-refractivity contribution in [1.82, 2.24) is 30.6 Å². The Balaban J connectivity index is 0.00000210. The molecule has 1 fully saturated rings. The summed E-state index contributed by atoms with van der Waals surface area (Å²) in [4.78, 5) is 15.3. The molecule has 1 saturated heterocycles. The Morgan fingerprint density at radius 3 is 2.96 bits per heavy atom. The Hall–Kier alpha value is -2.45. The molecule has 0 aliphatic carbocycles. The highest BCUT2D eigenvalue weighted by atomic mass is 35.5. The highest BCUT2D eigenvalue weighted by Crippen LogP contribution is 2.19. The molecule has 3 N–H and O–H groups in total. The molecule has 1 amide bonds. The van der Waals surface area contributed by atoms with Crippen molar-refractivity contribution in [3.63, 3.8) is 0 Å². The van der Waals surface area contributed by atoms with E-state index >= 15 is 0 Å². The topological polar surface area (TPSA) is 87.6 Å². The van der Waals surface area contributed by atoms with Crippen LogP contribution >= 0.6 is 12.4 Å². The van der Waals surface area contributed by atoms with Crippen LogP contribution in [0.25, 0.3) is 10.9 Å². The molecular formula is C18H22ClFN6O. The van der Waals surface area contributed by atoms with Gasteiger partial charge in [-0.05, 0) is 56.1 Å². The van der Waals surface area contributed by atoms with Gasteiger partial charge in [-0.2, -0.15) is 0 Å². The van der Waals surface area contributed by atoms with Crippen LogP contribution in [0, 0.1) is 5.82 Å². The van der Waals surface area contributed by atoms with E-state index in [1.165, 1.54) is 12.1 Å². The van der Waals surface area contributed by atoms with Crippen molar-refractivity contribution in [2.45, 2.75) is 25.3 Å². The van der Waals surface area contributed by atoms with E-state index in [1.807, 2.05) is 6.20 Å². The highest BCUT2D eigenvalue weighted by molar-refractivity contribution is 5.91. The van der Waals surface area contributed by atoms with Crippen LogP contribution in [0.1, 0.15) is 34.9 Å². The molecule has 0 bridgehead atoms. The molecule has 1 aliphatic rings. The minimum atomic E-state index is -0.268. The minimum Gasteiger partial charge on any atom is -0.361 e. The van der Waals surface area contributed by atoms with E-state index in [1.54, 1.807) is 16.9 Å². The number of aromatic amines is 1. The Bertz CT molecular complexity index is 918. The second-order valence-corrected chi connectivity index (χ2v) is 6.57. The van der Waals surface area contributed by atoms with Gasteiger partial charge < -0.3 is 15.6 Å². The number of nitrogens with one attached hydrogen (secondary N) is 3. The fourth-order valence-corrected chi connectivity index (χ4v) is 3.40. The minimum absolute atomic E-state index is 0. The number of amides is 1. The summed E-state index contributed by atoms with van der Waals surface area (Å²) >= 11 is 0. The molecule has 0 saturated carbocycles. The van der Waals surface area contributed by atoms with Crippen LogP contribution < -0.4 is 10.6 Å². The number of hydrogen-bond donors (Lipinski definition) is 3. The van der Waals surface area contributed by atoms with Gasteiger partial charge in [-0.1, -0.05) is 5.21 Å². The summed E-state index contributed by atoms with van der Waals surface area (Å²) in [6.45, 7) is 2.39. The van der Waals surface area contributed by atoms with Gasteiger partial charge in [-0.25, -0.2) is 9.07 Å². The van der Waals surface area contributed by atoms with Gasteiger partial charge in [0.05, 0.1) is 12.2 Å². The van der Waals surface area contributed by atoms with E-state index in [4.69, 9.17) is 0 Å². The fourth-order valence-electron chi connectivity index (χ4n) is 3.40. The zero-order valence-electron chi connectivity index (χ0n) is 14.7. The van der Waals surface area contributed by atoms with Gasteiger partial charge >= 0.3 is 0 Å². The summed E-state index contributed by atoms with van der Waals surface area (Å²) in [5, 5.41) is 15.3. The quantitative estimate of drug-likeness (QED) is 0.621. The molecular weight excluding hydrogens is 371 g/mol. The zero-order chi connectivity index (χ0) is 17.9. The Morgan fingerprint density at radius 2 is 2.15 bits per heavy atom. The first-order chi connectivity index (χ1) is 12.7. The zero-order valence-corrected chi connectivity index (χ0v) is 15.6. The standard InChI is InChI=1S/C18H21FN6O.ClH/c19-13-1-2-15-12(10-22-16(15)9-13)3-8-21-18(26)17-11-25(24-23-17)14-4-6-20-7-5-14;/h1-2,9-11,14,20,22H,3-8H2,(H,21,26);1H. The SMILES string of the molecule is Cl.O=C(NCCc1c[nH]c2cc(F)ccc12)c1cn(C2CCNCC2)nn1. The lowest BCUT2D eigenvalue weighted by Crippen LogP contribution is -2.29. The smallest absolute Gasteiger partial charge is 0.273 e. The molecule has 1 aromatic carbocycles. The number of piperidine rings is 1. The monoisotopic (exact) mass is 392 g/mol. The molecule has 144 valence electrons. The van der Waals surface area contributed by atoms with E-state index in [-0.39, 0.29) is 24.1 Å². The van der Waals surface area contributed by atoms with Crippen LogP contribution in [-0.4, -0.2) is 45.5 Å². The molecule has 3 aromatic rings. The van der Waals surface area contributed by atoms with Gasteiger partial charge in [-0.3, -0.25) is 4.79 Å². The summed E-state index contributed by atoms with van der Waals surface area (Å²) in [7, 11) is 0. The number of carbonyl (C=O) groups is 1. The predicted octanol–water partition coefficient (Wildman–Crippen LogP) is 2.22.